The lowest BCUT2D eigenvalue weighted by atomic mass is 10.1. The van der Waals surface area contributed by atoms with Crippen molar-refractivity contribution in [3.63, 3.8) is 0 Å². The van der Waals surface area contributed by atoms with Crippen LogP contribution in [-0.2, 0) is 11.2 Å². The zero-order chi connectivity index (χ0) is 15.5. The van der Waals surface area contributed by atoms with Gasteiger partial charge in [0.05, 0.1) is 6.10 Å². The molecule has 0 aromatic heterocycles. The van der Waals surface area contributed by atoms with Gasteiger partial charge in [0, 0.05) is 11.5 Å². The van der Waals surface area contributed by atoms with E-state index in [1.54, 1.807) is 5.56 Å². The molecule has 0 aliphatic carbocycles. The summed E-state index contributed by atoms with van der Waals surface area (Å²) in [5.41, 5.74) is 1.56. The minimum atomic E-state index is 0.566. The van der Waals surface area contributed by atoms with Gasteiger partial charge in [0.25, 0.3) is 0 Å². The van der Waals surface area contributed by atoms with Crippen LogP contribution in [0.2, 0.25) is 0 Å². The lowest BCUT2D eigenvalue weighted by Gasteiger charge is -2.10. The van der Waals surface area contributed by atoms with Crippen LogP contribution in [0.25, 0.3) is 0 Å². The molecule has 124 valence electrons. The lowest BCUT2D eigenvalue weighted by molar-refractivity contribution is 0.102. The van der Waals surface area contributed by atoms with Crippen molar-refractivity contribution in [1.29, 1.82) is 0 Å². The van der Waals surface area contributed by atoms with Crippen molar-refractivity contribution in [1.82, 2.24) is 0 Å². The molecular weight excluding hydrogens is 288 g/mol. The first-order valence-corrected chi connectivity index (χ1v) is 10.2. The number of ether oxygens (including phenoxy) is 1. The third-order valence-corrected chi connectivity index (χ3v) is 5.68. The van der Waals surface area contributed by atoms with Crippen LogP contribution in [0.5, 0.6) is 0 Å². The van der Waals surface area contributed by atoms with Crippen LogP contribution >= 0.6 is 11.8 Å². The first-order valence-electron chi connectivity index (χ1n) is 9.22. The van der Waals surface area contributed by atoms with E-state index in [1.807, 2.05) is 0 Å². The summed E-state index contributed by atoms with van der Waals surface area (Å²) in [6.07, 6.45) is 13.7. The molecule has 1 saturated heterocycles. The van der Waals surface area contributed by atoms with Crippen LogP contribution in [0.15, 0.2) is 29.2 Å². The molecule has 1 aromatic carbocycles. The van der Waals surface area contributed by atoms with Crippen molar-refractivity contribution < 1.29 is 4.74 Å². The summed E-state index contributed by atoms with van der Waals surface area (Å²) in [7, 11) is 0. The molecule has 22 heavy (non-hydrogen) atoms. The highest BCUT2D eigenvalue weighted by atomic mass is 32.2. The molecule has 1 fully saturated rings. The summed E-state index contributed by atoms with van der Waals surface area (Å²) in [6.45, 7) is 3.27. The number of hydrogen-bond donors (Lipinski definition) is 0. The monoisotopic (exact) mass is 320 g/mol. The largest absolute Gasteiger partial charge is 0.378 e. The van der Waals surface area contributed by atoms with Crippen molar-refractivity contribution in [3.05, 3.63) is 29.8 Å². The fourth-order valence-corrected chi connectivity index (χ4v) is 4.22. The molecule has 0 spiro atoms. The van der Waals surface area contributed by atoms with Gasteiger partial charge >= 0.3 is 0 Å². The zero-order valence-electron chi connectivity index (χ0n) is 14.2. The predicted octanol–water partition coefficient (Wildman–Crippen LogP) is 6.25. The number of thioether (sulfide) groups is 1. The predicted molar refractivity (Wildman–Crippen MR) is 97.8 cm³/mol. The van der Waals surface area contributed by atoms with E-state index in [4.69, 9.17) is 4.74 Å². The summed E-state index contributed by atoms with van der Waals surface area (Å²) in [6, 6.07) is 9.00. The van der Waals surface area contributed by atoms with Crippen molar-refractivity contribution in [3.8, 4) is 0 Å². The normalized spacial score (nSPS) is 18.0. The molecule has 2 heteroatoms. The molecule has 0 radical (unpaired) electrons. The Morgan fingerprint density at radius 2 is 2.00 bits per heavy atom. The van der Waals surface area contributed by atoms with Gasteiger partial charge in [0.2, 0.25) is 0 Å². The Hall–Kier alpha value is -0.470. The Kier molecular flexibility index (Phi) is 9.04. The van der Waals surface area contributed by atoms with Gasteiger partial charge in [-0.15, -0.1) is 11.8 Å². The molecule has 0 N–H and O–H groups in total. The third kappa shape index (κ3) is 6.75. The standard InChI is InChI=1S/C20H32OS/c1-2-3-4-5-11-18-12-6-7-15-20(18)22-17-9-8-13-19-14-10-16-21-19/h6-7,12,15,19H,2-5,8-11,13-14,16-17H2,1H3. The third-order valence-electron chi connectivity index (χ3n) is 4.47. The lowest BCUT2D eigenvalue weighted by Crippen LogP contribution is -2.04. The Bertz CT molecular complexity index is 398. The van der Waals surface area contributed by atoms with Crippen LogP contribution < -0.4 is 0 Å². The molecule has 0 amide bonds. The van der Waals surface area contributed by atoms with Crippen molar-refractivity contribution in [2.24, 2.45) is 0 Å². The number of rotatable bonds is 11. The van der Waals surface area contributed by atoms with E-state index in [9.17, 15) is 0 Å². The SMILES string of the molecule is CCCCCCc1ccccc1SCCCCC1CCCO1. The first-order chi connectivity index (χ1) is 10.9. The quantitative estimate of drug-likeness (QED) is 0.352. The van der Waals surface area contributed by atoms with E-state index in [2.05, 4.69) is 43.0 Å². The Morgan fingerprint density at radius 3 is 2.82 bits per heavy atom. The number of hydrogen-bond acceptors (Lipinski definition) is 2. The van der Waals surface area contributed by atoms with Gasteiger partial charge in [0.1, 0.15) is 0 Å². The Labute approximate surface area is 141 Å². The van der Waals surface area contributed by atoms with Gasteiger partial charge < -0.3 is 4.74 Å². The van der Waals surface area contributed by atoms with E-state index in [-0.39, 0.29) is 0 Å². The van der Waals surface area contributed by atoms with Crippen LogP contribution in [0.1, 0.15) is 70.3 Å². The summed E-state index contributed by atoms with van der Waals surface area (Å²) in [4.78, 5) is 1.51. The number of unbranched alkanes of at least 4 members (excludes halogenated alkanes) is 4. The van der Waals surface area contributed by atoms with Crippen LogP contribution in [0, 0.1) is 0 Å². The second kappa shape index (κ2) is 11.1. The van der Waals surface area contributed by atoms with Crippen LogP contribution in [0.4, 0.5) is 0 Å². The van der Waals surface area contributed by atoms with E-state index in [0.29, 0.717) is 6.10 Å². The van der Waals surface area contributed by atoms with Crippen molar-refractivity contribution >= 4 is 11.8 Å². The van der Waals surface area contributed by atoms with E-state index in [1.165, 1.54) is 74.9 Å². The number of benzene rings is 1. The molecule has 1 atom stereocenters. The summed E-state index contributed by atoms with van der Waals surface area (Å²) < 4.78 is 5.69. The summed E-state index contributed by atoms with van der Waals surface area (Å²) >= 11 is 2.05. The van der Waals surface area contributed by atoms with Gasteiger partial charge in [-0.3, -0.25) is 0 Å². The average Bonchev–Trinajstić information content (AvgIpc) is 3.06. The molecule has 1 aliphatic rings. The van der Waals surface area contributed by atoms with E-state index in [0.717, 1.165) is 6.61 Å². The van der Waals surface area contributed by atoms with Gasteiger partial charge in [-0.2, -0.15) is 0 Å². The molecule has 1 heterocycles. The Balaban J connectivity index is 1.63. The van der Waals surface area contributed by atoms with Crippen LogP contribution in [0.3, 0.4) is 0 Å². The van der Waals surface area contributed by atoms with E-state index < -0.39 is 0 Å². The number of aryl methyl sites for hydroxylation is 1. The highest BCUT2D eigenvalue weighted by molar-refractivity contribution is 7.99. The smallest absolute Gasteiger partial charge is 0.0576 e. The van der Waals surface area contributed by atoms with Crippen LogP contribution in [-0.4, -0.2) is 18.5 Å². The molecule has 1 aliphatic heterocycles. The molecule has 2 rings (SSSR count). The van der Waals surface area contributed by atoms with E-state index >= 15 is 0 Å². The van der Waals surface area contributed by atoms with Gasteiger partial charge in [-0.25, -0.2) is 0 Å². The van der Waals surface area contributed by atoms with Gasteiger partial charge in [-0.1, -0.05) is 50.8 Å². The first kappa shape index (κ1) is 17.9. The van der Waals surface area contributed by atoms with Crippen molar-refractivity contribution in [2.75, 3.05) is 12.4 Å². The zero-order valence-corrected chi connectivity index (χ0v) is 15.0. The molecule has 1 nitrogen and oxygen atoms in total. The summed E-state index contributed by atoms with van der Waals surface area (Å²) in [5.74, 6) is 1.25. The average molecular weight is 321 g/mol. The second-order valence-electron chi connectivity index (χ2n) is 6.40. The maximum atomic E-state index is 5.69. The topological polar surface area (TPSA) is 9.23 Å². The highest BCUT2D eigenvalue weighted by Crippen LogP contribution is 2.26. The summed E-state index contributed by atoms with van der Waals surface area (Å²) in [5, 5.41) is 0. The fourth-order valence-electron chi connectivity index (χ4n) is 3.12. The maximum Gasteiger partial charge on any atom is 0.0576 e. The second-order valence-corrected chi connectivity index (χ2v) is 7.53. The minimum Gasteiger partial charge on any atom is -0.378 e. The Morgan fingerprint density at radius 1 is 1.09 bits per heavy atom. The van der Waals surface area contributed by atoms with Gasteiger partial charge in [0.15, 0.2) is 0 Å². The minimum absolute atomic E-state index is 0.566. The molecule has 0 saturated carbocycles. The van der Waals surface area contributed by atoms with Crippen molar-refractivity contribution in [2.45, 2.75) is 82.1 Å². The maximum absolute atomic E-state index is 5.69. The molecule has 1 aromatic rings. The highest BCUT2D eigenvalue weighted by Gasteiger charge is 2.14. The molecular formula is C20H32OS. The van der Waals surface area contributed by atoms with Gasteiger partial charge in [-0.05, 0) is 55.9 Å². The molecule has 1 unspecified atom stereocenters. The fraction of sp³-hybridized carbons (Fsp3) is 0.700. The molecule has 0 bridgehead atoms.